The molecule has 0 radical (unpaired) electrons. The number of urea groups is 1. The van der Waals surface area contributed by atoms with Crippen LogP contribution in [0.2, 0.25) is 10.0 Å². The number of anilines is 2. The molecule has 0 aliphatic carbocycles. The number of carboxylic acid groups (broad SMARTS) is 1. The highest BCUT2D eigenvalue weighted by atomic mass is 35.5. The lowest BCUT2D eigenvalue weighted by atomic mass is 10.1. The second kappa shape index (κ2) is 12.0. The van der Waals surface area contributed by atoms with Crippen LogP contribution in [-0.4, -0.2) is 41.6 Å². The fourth-order valence-electron chi connectivity index (χ4n) is 3.89. The molecule has 0 aliphatic rings. The van der Waals surface area contributed by atoms with E-state index in [1.165, 1.54) is 29.2 Å². The fraction of sp³-hybridized carbons (Fsp3) is 0.143. The Bertz CT molecular complexity index is 1540. The molecular formula is C28H24Cl2N4O5. The molecule has 200 valence electrons. The summed E-state index contributed by atoms with van der Waals surface area (Å²) in [6, 6.07) is 17.5. The largest absolute Gasteiger partial charge is 0.485 e. The Morgan fingerprint density at radius 2 is 1.64 bits per heavy atom. The van der Waals surface area contributed by atoms with E-state index in [-0.39, 0.29) is 18.7 Å². The van der Waals surface area contributed by atoms with Crippen molar-refractivity contribution in [2.45, 2.75) is 13.5 Å². The Labute approximate surface area is 234 Å². The van der Waals surface area contributed by atoms with Gasteiger partial charge in [-0.05, 0) is 49.4 Å². The molecule has 3 amide bonds. The SMILES string of the molecule is Cc1nc2ccccc2c(N(C)C(=O)CNC(=O)Nc2ccc(C(=O)O)cc2)c1OCc1c(Cl)cccc1Cl. The number of carbonyl (C=O) groups excluding carboxylic acids is 2. The highest BCUT2D eigenvalue weighted by Gasteiger charge is 2.23. The Morgan fingerprint density at radius 1 is 0.974 bits per heavy atom. The number of nitrogens with zero attached hydrogens (tertiary/aromatic N) is 2. The molecule has 39 heavy (non-hydrogen) atoms. The predicted octanol–water partition coefficient (Wildman–Crippen LogP) is 5.91. The van der Waals surface area contributed by atoms with E-state index in [2.05, 4.69) is 15.6 Å². The number of carboxylic acids is 1. The second-order valence-corrected chi connectivity index (χ2v) is 9.34. The predicted molar refractivity (Wildman–Crippen MR) is 151 cm³/mol. The minimum atomic E-state index is -1.07. The number of amides is 3. The zero-order chi connectivity index (χ0) is 28.1. The molecule has 0 unspecified atom stereocenters. The minimum absolute atomic E-state index is 0.0513. The van der Waals surface area contributed by atoms with Gasteiger partial charge in [0.2, 0.25) is 5.91 Å². The zero-order valence-corrected chi connectivity index (χ0v) is 22.5. The third-order valence-corrected chi connectivity index (χ3v) is 6.62. The van der Waals surface area contributed by atoms with Gasteiger partial charge in [-0.25, -0.2) is 14.6 Å². The number of ether oxygens (including phenoxy) is 1. The molecule has 0 saturated carbocycles. The minimum Gasteiger partial charge on any atom is -0.485 e. The van der Waals surface area contributed by atoms with Gasteiger partial charge in [0, 0.05) is 33.7 Å². The Morgan fingerprint density at radius 3 is 2.31 bits per heavy atom. The first-order chi connectivity index (χ1) is 18.7. The van der Waals surface area contributed by atoms with Crippen LogP contribution in [0, 0.1) is 6.92 Å². The molecule has 0 fully saturated rings. The van der Waals surface area contributed by atoms with Gasteiger partial charge < -0.3 is 25.4 Å². The quantitative estimate of drug-likeness (QED) is 0.243. The maximum Gasteiger partial charge on any atom is 0.335 e. The molecule has 3 N–H and O–H groups in total. The Balaban J connectivity index is 1.53. The van der Waals surface area contributed by atoms with Crippen LogP contribution in [0.3, 0.4) is 0 Å². The zero-order valence-electron chi connectivity index (χ0n) is 21.0. The van der Waals surface area contributed by atoms with Crippen LogP contribution in [0.4, 0.5) is 16.2 Å². The lowest BCUT2D eigenvalue weighted by Crippen LogP contribution is -2.40. The molecule has 1 aromatic heterocycles. The first-order valence-corrected chi connectivity index (χ1v) is 12.5. The number of likely N-dealkylation sites (N-methyl/N-ethyl adjacent to an activating group) is 1. The summed E-state index contributed by atoms with van der Waals surface area (Å²) < 4.78 is 6.16. The summed E-state index contributed by atoms with van der Waals surface area (Å²) in [6.07, 6.45) is 0. The van der Waals surface area contributed by atoms with Crippen LogP contribution in [0.15, 0.2) is 66.7 Å². The molecule has 4 rings (SSSR count). The van der Waals surface area contributed by atoms with Crippen molar-refractivity contribution >= 4 is 63.4 Å². The lowest BCUT2D eigenvalue weighted by molar-refractivity contribution is -0.117. The van der Waals surface area contributed by atoms with E-state index in [1.807, 2.05) is 24.3 Å². The van der Waals surface area contributed by atoms with E-state index in [4.69, 9.17) is 33.0 Å². The van der Waals surface area contributed by atoms with Gasteiger partial charge in [0.25, 0.3) is 0 Å². The van der Waals surface area contributed by atoms with E-state index in [0.717, 1.165) is 0 Å². The standard InChI is InChI=1S/C28H24Cl2N4O5/c1-16-26(39-15-20-21(29)7-5-8-22(20)30)25(19-6-3-4-9-23(19)32-16)34(2)24(35)14-31-28(38)33-18-12-10-17(11-13-18)27(36)37/h3-13H,14-15H2,1-2H3,(H,36,37)(H2,31,33,38). The smallest absolute Gasteiger partial charge is 0.335 e. The number of carbonyl (C=O) groups is 3. The molecule has 9 nitrogen and oxygen atoms in total. The number of aromatic carboxylic acids is 1. The Hall–Kier alpha value is -4.34. The van der Waals surface area contributed by atoms with Gasteiger partial charge in [-0.2, -0.15) is 0 Å². The highest BCUT2D eigenvalue weighted by molar-refractivity contribution is 6.36. The number of hydrogen-bond acceptors (Lipinski definition) is 5. The van der Waals surface area contributed by atoms with Gasteiger partial charge >= 0.3 is 12.0 Å². The molecule has 11 heteroatoms. The van der Waals surface area contributed by atoms with Crippen molar-refractivity contribution in [3.8, 4) is 5.75 Å². The lowest BCUT2D eigenvalue weighted by Gasteiger charge is -2.24. The average molecular weight is 567 g/mol. The van der Waals surface area contributed by atoms with Gasteiger partial charge in [0.1, 0.15) is 6.61 Å². The summed E-state index contributed by atoms with van der Waals surface area (Å²) in [5, 5.41) is 15.7. The van der Waals surface area contributed by atoms with Crippen LogP contribution in [-0.2, 0) is 11.4 Å². The van der Waals surface area contributed by atoms with Crippen LogP contribution in [0.1, 0.15) is 21.6 Å². The summed E-state index contributed by atoms with van der Waals surface area (Å²) in [6.45, 7) is 1.51. The van der Waals surface area contributed by atoms with Crippen molar-refractivity contribution in [1.29, 1.82) is 0 Å². The molecular weight excluding hydrogens is 543 g/mol. The second-order valence-electron chi connectivity index (χ2n) is 8.52. The van der Waals surface area contributed by atoms with Gasteiger partial charge in [-0.1, -0.05) is 47.5 Å². The highest BCUT2D eigenvalue weighted by Crippen LogP contribution is 2.38. The van der Waals surface area contributed by atoms with Crippen molar-refractivity contribution in [1.82, 2.24) is 10.3 Å². The number of pyridine rings is 1. The van der Waals surface area contributed by atoms with E-state index < -0.39 is 17.9 Å². The molecule has 3 aromatic carbocycles. The maximum atomic E-state index is 13.2. The fourth-order valence-corrected chi connectivity index (χ4v) is 4.39. The number of para-hydroxylation sites is 1. The van der Waals surface area contributed by atoms with E-state index in [1.54, 1.807) is 32.2 Å². The van der Waals surface area contributed by atoms with Crippen LogP contribution >= 0.6 is 23.2 Å². The normalized spacial score (nSPS) is 10.7. The monoisotopic (exact) mass is 566 g/mol. The molecule has 0 aliphatic heterocycles. The van der Waals surface area contributed by atoms with Crippen molar-refractivity contribution in [2.24, 2.45) is 0 Å². The molecule has 0 saturated heterocycles. The third kappa shape index (κ3) is 6.39. The number of fused-ring (bicyclic) bond motifs is 1. The van der Waals surface area contributed by atoms with Crippen LogP contribution < -0.4 is 20.3 Å². The number of halogens is 2. The molecule has 1 heterocycles. The number of hydrogen-bond donors (Lipinski definition) is 3. The van der Waals surface area contributed by atoms with E-state index in [0.29, 0.717) is 49.3 Å². The summed E-state index contributed by atoms with van der Waals surface area (Å²) in [5.74, 6) is -1.11. The Kier molecular flexibility index (Phi) is 8.53. The van der Waals surface area contributed by atoms with Gasteiger partial charge in [0.15, 0.2) is 5.75 Å². The van der Waals surface area contributed by atoms with E-state index >= 15 is 0 Å². The van der Waals surface area contributed by atoms with Crippen LogP contribution in [0.25, 0.3) is 10.9 Å². The summed E-state index contributed by atoms with van der Waals surface area (Å²) >= 11 is 12.6. The van der Waals surface area contributed by atoms with E-state index in [9.17, 15) is 14.4 Å². The number of benzene rings is 3. The summed E-state index contributed by atoms with van der Waals surface area (Å²) in [4.78, 5) is 42.6. The topological polar surface area (TPSA) is 121 Å². The maximum absolute atomic E-state index is 13.2. The van der Waals surface area contributed by atoms with Crippen LogP contribution in [0.5, 0.6) is 5.75 Å². The first kappa shape index (κ1) is 27.7. The first-order valence-electron chi connectivity index (χ1n) is 11.8. The number of nitrogens with one attached hydrogen (secondary N) is 2. The summed E-state index contributed by atoms with van der Waals surface area (Å²) in [7, 11) is 1.59. The average Bonchev–Trinajstić information content (AvgIpc) is 2.91. The van der Waals surface area contributed by atoms with Crippen molar-refractivity contribution in [2.75, 3.05) is 23.8 Å². The molecule has 0 atom stereocenters. The van der Waals surface area contributed by atoms with Gasteiger partial charge in [-0.15, -0.1) is 0 Å². The van der Waals surface area contributed by atoms with Gasteiger partial charge in [0.05, 0.1) is 29.0 Å². The van der Waals surface area contributed by atoms with Crippen molar-refractivity contribution < 1.29 is 24.2 Å². The molecule has 0 spiro atoms. The number of rotatable bonds is 8. The molecule has 0 bridgehead atoms. The van der Waals surface area contributed by atoms with Crippen molar-refractivity contribution in [3.63, 3.8) is 0 Å². The van der Waals surface area contributed by atoms with Crippen molar-refractivity contribution in [3.05, 3.63) is 93.6 Å². The third-order valence-electron chi connectivity index (χ3n) is 5.91. The number of aromatic nitrogens is 1. The number of aryl methyl sites for hydroxylation is 1. The van der Waals surface area contributed by atoms with Gasteiger partial charge in [-0.3, -0.25) is 4.79 Å². The molecule has 4 aromatic rings. The summed E-state index contributed by atoms with van der Waals surface area (Å²) in [5.41, 5.74) is 2.78.